The molecule has 0 aliphatic heterocycles. The summed E-state index contributed by atoms with van der Waals surface area (Å²) in [5, 5.41) is 0.433. The van der Waals surface area contributed by atoms with Crippen molar-refractivity contribution in [1.29, 1.82) is 0 Å². The fourth-order valence-electron chi connectivity index (χ4n) is 0.151. The predicted molar refractivity (Wildman–Crippen MR) is 27.3 cm³/mol. The van der Waals surface area contributed by atoms with Gasteiger partial charge in [-0.15, -0.1) is 0 Å². The fraction of sp³-hybridized carbons (Fsp3) is 0.500. The van der Waals surface area contributed by atoms with Crippen molar-refractivity contribution in [2.45, 2.75) is 12.2 Å². The van der Waals surface area contributed by atoms with E-state index in [1.165, 1.54) is 6.92 Å². The molecule has 0 rings (SSSR count). The molecule has 0 heterocycles. The van der Waals surface area contributed by atoms with Gasteiger partial charge in [-0.1, -0.05) is 0 Å². The summed E-state index contributed by atoms with van der Waals surface area (Å²) >= 11 is -0.0816. The van der Waals surface area contributed by atoms with Gasteiger partial charge in [0, 0.05) is 0 Å². The molecule has 0 saturated carbocycles. The van der Waals surface area contributed by atoms with Crippen molar-refractivity contribution in [3.63, 3.8) is 0 Å². The molecule has 0 unspecified atom stereocenters. The number of aldehydes is 1. The number of hydrogen-bond acceptors (Lipinski definition) is 2. The summed E-state index contributed by atoms with van der Waals surface area (Å²) in [5.74, 6) is 0. The summed E-state index contributed by atoms with van der Waals surface area (Å²) in [4.78, 5) is 19.6. The first kappa shape index (κ1) is 6.86. The third-order valence-corrected chi connectivity index (χ3v) is 1.84. The van der Waals surface area contributed by atoms with Crippen molar-refractivity contribution in [2.24, 2.45) is 0 Å². The van der Waals surface area contributed by atoms with E-state index in [4.69, 9.17) is 0 Å². The van der Waals surface area contributed by atoms with Gasteiger partial charge in [0.05, 0.1) is 0 Å². The molecule has 2 nitrogen and oxygen atoms in total. The maximum atomic E-state index is 10.1. The average molecular weight is 165 g/mol. The summed E-state index contributed by atoms with van der Waals surface area (Å²) < 4.78 is 0.139. The molecule has 0 amide bonds. The van der Waals surface area contributed by atoms with E-state index in [2.05, 4.69) is 0 Å². The standard InChI is InChI=1S/C4H6O2Se/c1-4(6)7-3-2-5/h2H,3H2,1H3. The predicted octanol–water partition coefficient (Wildman–Crippen LogP) is -0.146. The molecule has 3 heteroatoms. The summed E-state index contributed by atoms with van der Waals surface area (Å²) in [6, 6.07) is 0. The third kappa shape index (κ3) is 5.86. The second-order valence-corrected chi connectivity index (χ2v) is 3.48. The number of carbonyl (C=O) groups is 2. The van der Waals surface area contributed by atoms with Crippen molar-refractivity contribution < 1.29 is 9.59 Å². The first-order chi connectivity index (χ1) is 3.27. The zero-order chi connectivity index (χ0) is 5.70. The summed E-state index contributed by atoms with van der Waals surface area (Å²) in [7, 11) is 0. The Labute approximate surface area is 48.4 Å². The van der Waals surface area contributed by atoms with Gasteiger partial charge in [0.15, 0.2) is 0 Å². The van der Waals surface area contributed by atoms with E-state index >= 15 is 0 Å². The topological polar surface area (TPSA) is 34.1 Å². The van der Waals surface area contributed by atoms with E-state index in [9.17, 15) is 9.59 Å². The van der Waals surface area contributed by atoms with Crippen LogP contribution in [0.4, 0.5) is 0 Å². The third-order valence-electron chi connectivity index (χ3n) is 0.355. The van der Waals surface area contributed by atoms with E-state index in [1.807, 2.05) is 0 Å². The fourth-order valence-corrected chi connectivity index (χ4v) is 0.787. The minimum absolute atomic E-state index is 0.0816. The van der Waals surface area contributed by atoms with E-state index in [-0.39, 0.29) is 19.6 Å². The molecule has 0 aromatic rings. The molecular weight excluding hydrogens is 159 g/mol. The Hall–Kier alpha value is -0.141. The zero-order valence-electron chi connectivity index (χ0n) is 4.01. The number of hydrogen-bond donors (Lipinski definition) is 0. The molecule has 0 fully saturated rings. The van der Waals surface area contributed by atoms with Gasteiger partial charge >= 0.3 is 47.8 Å². The first-order valence-electron chi connectivity index (χ1n) is 1.84. The normalized spacial score (nSPS) is 8.14. The second-order valence-electron chi connectivity index (χ2n) is 0.969. The maximum absolute atomic E-state index is 10.1. The Kier molecular flexibility index (Phi) is 3.95. The van der Waals surface area contributed by atoms with E-state index in [0.717, 1.165) is 6.29 Å². The van der Waals surface area contributed by atoms with Gasteiger partial charge in [-0.3, -0.25) is 0 Å². The summed E-state index contributed by atoms with van der Waals surface area (Å²) in [6.07, 6.45) is 0.779. The molecule has 0 aliphatic rings. The Morgan fingerprint density at radius 2 is 2.43 bits per heavy atom. The Morgan fingerprint density at radius 3 is 2.57 bits per heavy atom. The first-order valence-corrected chi connectivity index (χ1v) is 3.91. The van der Waals surface area contributed by atoms with Gasteiger partial charge in [0.1, 0.15) is 0 Å². The van der Waals surface area contributed by atoms with Crippen LogP contribution in [0.3, 0.4) is 0 Å². The van der Waals surface area contributed by atoms with Crippen LogP contribution in [0.5, 0.6) is 0 Å². The summed E-state index contributed by atoms with van der Waals surface area (Å²) in [5.41, 5.74) is 0. The van der Waals surface area contributed by atoms with Crippen LogP contribution in [0.1, 0.15) is 6.92 Å². The molecule has 0 aromatic heterocycles. The monoisotopic (exact) mass is 166 g/mol. The van der Waals surface area contributed by atoms with Gasteiger partial charge in [-0.2, -0.15) is 0 Å². The van der Waals surface area contributed by atoms with Gasteiger partial charge in [0.2, 0.25) is 0 Å². The average Bonchev–Trinajstić information content (AvgIpc) is 1.61. The van der Waals surface area contributed by atoms with Crippen LogP contribution in [0.15, 0.2) is 0 Å². The minimum atomic E-state index is -0.0816. The van der Waals surface area contributed by atoms with Crippen LogP contribution in [0.2, 0.25) is 5.32 Å². The summed E-state index contributed by atoms with van der Waals surface area (Å²) in [6.45, 7) is 1.50. The van der Waals surface area contributed by atoms with Crippen molar-refractivity contribution in [3.05, 3.63) is 0 Å². The molecule has 0 aliphatic carbocycles. The molecule has 0 radical (unpaired) electrons. The van der Waals surface area contributed by atoms with Crippen LogP contribution in [0, 0.1) is 0 Å². The van der Waals surface area contributed by atoms with Crippen molar-refractivity contribution in [3.8, 4) is 0 Å². The zero-order valence-corrected chi connectivity index (χ0v) is 5.72. The molecule has 0 N–H and O–H groups in total. The Morgan fingerprint density at radius 1 is 1.86 bits per heavy atom. The molecule has 0 saturated heterocycles. The second kappa shape index (κ2) is 4.03. The van der Waals surface area contributed by atoms with Gasteiger partial charge in [0.25, 0.3) is 0 Å². The van der Waals surface area contributed by atoms with Crippen LogP contribution >= 0.6 is 0 Å². The van der Waals surface area contributed by atoms with Crippen LogP contribution in [-0.2, 0) is 9.59 Å². The van der Waals surface area contributed by atoms with Crippen LogP contribution in [-0.4, -0.2) is 25.9 Å². The van der Waals surface area contributed by atoms with Crippen molar-refractivity contribution in [2.75, 3.05) is 0 Å². The molecule has 0 bridgehead atoms. The van der Waals surface area contributed by atoms with E-state index in [0.29, 0.717) is 5.32 Å². The number of rotatable bonds is 3. The number of carbonyl (C=O) groups excluding carboxylic acids is 2. The molecule has 0 spiro atoms. The van der Waals surface area contributed by atoms with E-state index < -0.39 is 0 Å². The quantitative estimate of drug-likeness (QED) is 0.430. The van der Waals surface area contributed by atoms with E-state index in [1.54, 1.807) is 0 Å². The van der Waals surface area contributed by atoms with Gasteiger partial charge in [-0.25, -0.2) is 0 Å². The molecule has 0 aromatic carbocycles. The Bertz CT molecular complexity index is 79.8. The molecule has 7 heavy (non-hydrogen) atoms. The molecule has 0 atom stereocenters. The van der Waals surface area contributed by atoms with Gasteiger partial charge in [-0.05, 0) is 0 Å². The van der Waals surface area contributed by atoms with Crippen LogP contribution in [0.25, 0.3) is 0 Å². The van der Waals surface area contributed by atoms with Crippen molar-refractivity contribution in [1.82, 2.24) is 0 Å². The van der Waals surface area contributed by atoms with Crippen LogP contribution < -0.4 is 0 Å². The molecular formula is C4H6O2Se. The molecule has 40 valence electrons. The Balaban J connectivity index is 2.97. The van der Waals surface area contributed by atoms with Crippen molar-refractivity contribution >= 4 is 25.9 Å². The SMILES string of the molecule is CC(=O)[Se]CC=O. The van der Waals surface area contributed by atoms with Gasteiger partial charge < -0.3 is 0 Å².